The highest BCUT2D eigenvalue weighted by Crippen LogP contribution is 2.29. The van der Waals surface area contributed by atoms with Gasteiger partial charge in [-0.1, -0.05) is 12.1 Å². The molecular formula is C20H17F5N4O2. The Kier molecular flexibility index (Phi) is 6.54. The Morgan fingerprint density at radius 1 is 1.03 bits per heavy atom. The molecule has 0 saturated heterocycles. The molecule has 1 heterocycles. The molecule has 0 saturated carbocycles. The largest absolute Gasteiger partial charge is 0.573 e. The molecule has 0 fully saturated rings. The summed E-state index contributed by atoms with van der Waals surface area (Å²) in [5.41, 5.74) is 0.705. The molecule has 1 aromatic heterocycles. The average Bonchev–Trinajstić information content (AvgIpc) is 2.69. The second-order valence-electron chi connectivity index (χ2n) is 6.52. The van der Waals surface area contributed by atoms with Gasteiger partial charge in [0.25, 0.3) is 0 Å². The second kappa shape index (κ2) is 9.13. The molecule has 0 amide bonds. The maximum atomic E-state index is 13.5. The molecule has 3 N–H and O–H groups in total. The van der Waals surface area contributed by atoms with E-state index >= 15 is 0 Å². The number of aliphatic hydroxyl groups excluding tert-OH is 1. The number of hydrogen-bond donors (Lipinski definition) is 3. The highest BCUT2D eigenvalue weighted by atomic mass is 19.4. The number of rotatable bonds is 7. The van der Waals surface area contributed by atoms with Gasteiger partial charge in [0.2, 0.25) is 5.95 Å². The van der Waals surface area contributed by atoms with Crippen molar-refractivity contribution in [3.8, 4) is 17.0 Å². The van der Waals surface area contributed by atoms with Crippen molar-refractivity contribution in [1.82, 2.24) is 9.97 Å². The van der Waals surface area contributed by atoms with Gasteiger partial charge in [0.05, 0.1) is 12.3 Å². The third-order valence-electron chi connectivity index (χ3n) is 3.93. The Morgan fingerprint density at radius 2 is 1.81 bits per heavy atom. The molecule has 11 heteroatoms. The molecule has 6 nitrogen and oxygen atoms in total. The molecule has 0 bridgehead atoms. The molecule has 0 spiro atoms. The fourth-order valence-corrected chi connectivity index (χ4v) is 2.56. The zero-order valence-corrected chi connectivity index (χ0v) is 16.0. The molecule has 0 unspecified atom stereocenters. The number of halogens is 5. The third-order valence-corrected chi connectivity index (χ3v) is 3.93. The van der Waals surface area contributed by atoms with Crippen LogP contribution in [0, 0.1) is 11.6 Å². The van der Waals surface area contributed by atoms with Crippen molar-refractivity contribution in [2.24, 2.45) is 0 Å². The lowest BCUT2D eigenvalue weighted by atomic mass is 10.1. The Morgan fingerprint density at radius 3 is 2.48 bits per heavy atom. The molecular weight excluding hydrogens is 423 g/mol. The lowest BCUT2D eigenvalue weighted by molar-refractivity contribution is -0.274. The fraction of sp³-hybridized carbons (Fsp3) is 0.200. The lowest BCUT2D eigenvalue weighted by Gasteiger charge is -2.15. The van der Waals surface area contributed by atoms with Gasteiger partial charge in [-0.2, -0.15) is 4.98 Å². The predicted molar refractivity (Wildman–Crippen MR) is 104 cm³/mol. The van der Waals surface area contributed by atoms with E-state index in [0.717, 1.165) is 24.3 Å². The number of hydrogen-bond acceptors (Lipinski definition) is 6. The van der Waals surface area contributed by atoms with Crippen molar-refractivity contribution in [1.29, 1.82) is 0 Å². The summed E-state index contributed by atoms with van der Waals surface area (Å²) in [5.74, 6) is -2.30. The minimum absolute atomic E-state index is 0.0614. The number of nitrogens with one attached hydrogen (secondary N) is 2. The van der Waals surface area contributed by atoms with Crippen LogP contribution in [0.5, 0.6) is 5.75 Å². The standard InChI is InChI=1S/C20H17F5N4O2/c1-11(10-30)26-19-28-17(12-3-2-4-14(7-12)31-20(23,24)25)9-18(29-19)27-13-5-6-15(21)16(22)8-13/h2-9,11,30H,10H2,1H3,(H2,26,27,28,29)/t11-/m1/s1. The SMILES string of the molecule is C[C@H](CO)Nc1nc(Nc2ccc(F)c(F)c2)cc(-c2cccc(OC(F)(F)F)c2)n1. The van der Waals surface area contributed by atoms with E-state index in [1.807, 2.05) is 0 Å². The van der Waals surface area contributed by atoms with Gasteiger partial charge >= 0.3 is 6.36 Å². The molecule has 0 aliphatic heterocycles. The summed E-state index contributed by atoms with van der Waals surface area (Å²) in [6.45, 7) is 1.44. The van der Waals surface area contributed by atoms with Crippen LogP contribution >= 0.6 is 0 Å². The molecule has 31 heavy (non-hydrogen) atoms. The minimum atomic E-state index is -4.85. The van der Waals surface area contributed by atoms with Crippen molar-refractivity contribution in [2.45, 2.75) is 19.3 Å². The van der Waals surface area contributed by atoms with Gasteiger partial charge in [-0.25, -0.2) is 13.8 Å². The van der Waals surface area contributed by atoms with E-state index in [0.29, 0.717) is 0 Å². The number of anilines is 3. The quantitative estimate of drug-likeness (QED) is 0.456. The maximum absolute atomic E-state index is 13.5. The first-order valence-corrected chi connectivity index (χ1v) is 8.97. The highest BCUT2D eigenvalue weighted by molar-refractivity contribution is 5.68. The molecule has 3 aromatic rings. The van der Waals surface area contributed by atoms with Gasteiger partial charge in [-0.15, -0.1) is 13.2 Å². The summed E-state index contributed by atoms with van der Waals surface area (Å²) in [6, 6.07) is 9.33. The van der Waals surface area contributed by atoms with Crippen LogP contribution in [0.1, 0.15) is 6.92 Å². The highest BCUT2D eigenvalue weighted by Gasteiger charge is 2.31. The fourth-order valence-electron chi connectivity index (χ4n) is 2.56. The molecule has 164 valence electrons. The number of aromatic nitrogens is 2. The van der Waals surface area contributed by atoms with E-state index in [-0.39, 0.29) is 35.3 Å². The Balaban J connectivity index is 1.99. The van der Waals surface area contributed by atoms with Crippen LogP contribution in [0.4, 0.5) is 39.4 Å². The predicted octanol–water partition coefficient (Wildman–Crippen LogP) is 4.86. The number of benzene rings is 2. The van der Waals surface area contributed by atoms with E-state index in [9.17, 15) is 27.1 Å². The molecule has 0 aliphatic rings. The van der Waals surface area contributed by atoms with Crippen LogP contribution in [0.3, 0.4) is 0 Å². The summed E-state index contributed by atoms with van der Waals surface area (Å²) in [5, 5.41) is 14.9. The lowest BCUT2D eigenvalue weighted by Crippen LogP contribution is -2.21. The van der Waals surface area contributed by atoms with Gasteiger partial charge in [0, 0.05) is 29.4 Å². The van der Waals surface area contributed by atoms with Crippen molar-refractivity contribution in [2.75, 3.05) is 17.2 Å². The topological polar surface area (TPSA) is 79.3 Å². The molecule has 3 rings (SSSR count). The van der Waals surface area contributed by atoms with Crippen LogP contribution in [0.15, 0.2) is 48.5 Å². The Labute approximate surface area is 173 Å². The first-order chi connectivity index (χ1) is 14.6. The number of ether oxygens (including phenoxy) is 1. The van der Waals surface area contributed by atoms with E-state index in [1.165, 1.54) is 24.3 Å². The van der Waals surface area contributed by atoms with Crippen molar-refractivity contribution >= 4 is 17.5 Å². The van der Waals surface area contributed by atoms with Gasteiger partial charge in [0.15, 0.2) is 11.6 Å². The molecule has 2 aromatic carbocycles. The van der Waals surface area contributed by atoms with Gasteiger partial charge < -0.3 is 20.5 Å². The maximum Gasteiger partial charge on any atom is 0.573 e. The minimum Gasteiger partial charge on any atom is -0.406 e. The zero-order chi connectivity index (χ0) is 22.6. The summed E-state index contributed by atoms with van der Waals surface area (Å²) < 4.78 is 68.2. The van der Waals surface area contributed by atoms with Crippen LogP contribution in [0.25, 0.3) is 11.3 Å². The Bertz CT molecular complexity index is 1060. The summed E-state index contributed by atoms with van der Waals surface area (Å²) in [7, 11) is 0. The van der Waals surface area contributed by atoms with Crippen LogP contribution in [0.2, 0.25) is 0 Å². The van der Waals surface area contributed by atoms with Crippen LogP contribution < -0.4 is 15.4 Å². The number of aliphatic hydroxyl groups is 1. The van der Waals surface area contributed by atoms with Crippen LogP contribution in [-0.4, -0.2) is 34.1 Å². The van der Waals surface area contributed by atoms with Crippen LogP contribution in [-0.2, 0) is 0 Å². The van der Waals surface area contributed by atoms with Gasteiger partial charge in [0.1, 0.15) is 11.6 Å². The number of alkyl halides is 3. The monoisotopic (exact) mass is 440 g/mol. The van der Waals surface area contributed by atoms with E-state index < -0.39 is 29.8 Å². The smallest absolute Gasteiger partial charge is 0.406 e. The summed E-state index contributed by atoms with van der Waals surface area (Å²) in [4.78, 5) is 8.46. The third kappa shape index (κ3) is 6.25. The number of nitrogens with zero attached hydrogens (tertiary/aromatic N) is 2. The summed E-state index contributed by atoms with van der Waals surface area (Å²) >= 11 is 0. The first-order valence-electron chi connectivity index (χ1n) is 8.97. The first kappa shape index (κ1) is 22.2. The normalized spacial score (nSPS) is 12.4. The van der Waals surface area contributed by atoms with E-state index in [2.05, 4.69) is 25.3 Å². The molecule has 0 aliphatic carbocycles. The Hall–Kier alpha value is -3.47. The average molecular weight is 440 g/mol. The van der Waals surface area contributed by atoms with Crippen molar-refractivity contribution in [3.63, 3.8) is 0 Å². The van der Waals surface area contributed by atoms with Crippen molar-refractivity contribution < 1.29 is 31.8 Å². The molecule has 1 atom stereocenters. The summed E-state index contributed by atoms with van der Waals surface area (Å²) in [6.07, 6.45) is -4.85. The van der Waals surface area contributed by atoms with E-state index in [4.69, 9.17) is 0 Å². The van der Waals surface area contributed by atoms with Gasteiger partial charge in [-0.05, 0) is 31.2 Å². The zero-order valence-electron chi connectivity index (χ0n) is 16.0. The van der Waals surface area contributed by atoms with Gasteiger partial charge in [-0.3, -0.25) is 0 Å². The van der Waals surface area contributed by atoms with Crippen molar-refractivity contribution in [3.05, 3.63) is 60.2 Å². The molecule has 0 radical (unpaired) electrons. The van der Waals surface area contributed by atoms with E-state index in [1.54, 1.807) is 6.92 Å². The second-order valence-corrected chi connectivity index (χ2v) is 6.52.